The molecular weight excluding hydrogens is 254 g/mol. The van der Waals surface area contributed by atoms with Crippen LogP contribution < -0.4 is 10.6 Å². The van der Waals surface area contributed by atoms with Crippen LogP contribution in [-0.4, -0.2) is 36.0 Å². The maximum atomic E-state index is 11.7. The first-order chi connectivity index (χ1) is 9.26. The SMILES string of the molecule is CN(CC(=O)NC(=O)NC(C)(C)C)Cc1ccccc1. The molecule has 5 nitrogen and oxygen atoms in total. The molecule has 1 aromatic rings. The number of rotatable bonds is 4. The third-order valence-corrected chi connectivity index (χ3v) is 2.45. The van der Waals surface area contributed by atoms with Crippen molar-refractivity contribution in [3.05, 3.63) is 35.9 Å². The van der Waals surface area contributed by atoms with E-state index in [1.54, 1.807) is 0 Å². The largest absolute Gasteiger partial charge is 0.333 e. The Hall–Kier alpha value is -1.88. The summed E-state index contributed by atoms with van der Waals surface area (Å²) in [6.07, 6.45) is 0. The molecule has 0 bridgehead atoms. The van der Waals surface area contributed by atoms with Crippen molar-refractivity contribution in [3.8, 4) is 0 Å². The van der Waals surface area contributed by atoms with Crippen molar-refractivity contribution < 1.29 is 9.59 Å². The van der Waals surface area contributed by atoms with Gasteiger partial charge in [-0.25, -0.2) is 4.79 Å². The highest BCUT2D eigenvalue weighted by molar-refractivity contribution is 5.95. The monoisotopic (exact) mass is 277 g/mol. The standard InChI is InChI=1S/C15H23N3O2/c1-15(2,3)17-14(20)16-13(19)11-18(4)10-12-8-6-5-7-9-12/h5-9H,10-11H2,1-4H3,(H2,16,17,19,20). The van der Waals surface area contributed by atoms with Crippen LogP contribution in [0.3, 0.4) is 0 Å². The minimum Gasteiger partial charge on any atom is -0.333 e. The van der Waals surface area contributed by atoms with Crippen LogP contribution in [0.5, 0.6) is 0 Å². The van der Waals surface area contributed by atoms with Gasteiger partial charge in [0.1, 0.15) is 0 Å². The fourth-order valence-electron chi connectivity index (χ4n) is 1.73. The fourth-order valence-corrected chi connectivity index (χ4v) is 1.73. The number of hydrogen-bond acceptors (Lipinski definition) is 3. The summed E-state index contributed by atoms with van der Waals surface area (Å²) in [5, 5.41) is 5.01. The molecule has 0 unspecified atom stereocenters. The van der Waals surface area contributed by atoms with Gasteiger partial charge in [-0.05, 0) is 33.4 Å². The minimum atomic E-state index is -0.462. The second-order valence-electron chi connectivity index (χ2n) is 5.91. The van der Waals surface area contributed by atoms with Crippen LogP contribution in [-0.2, 0) is 11.3 Å². The highest BCUT2D eigenvalue weighted by Gasteiger charge is 2.16. The van der Waals surface area contributed by atoms with Crippen molar-refractivity contribution in [2.45, 2.75) is 32.9 Å². The highest BCUT2D eigenvalue weighted by atomic mass is 16.2. The van der Waals surface area contributed by atoms with E-state index in [0.29, 0.717) is 6.54 Å². The number of imide groups is 1. The predicted molar refractivity (Wildman–Crippen MR) is 79.2 cm³/mol. The van der Waals surface area contributed by atoms with Crippen molar-refractivity contribution in [2.24, 2.45) is 0 Å². The Morgan fingerprint density at radius 1 is 1.15 bits per heavy atom. The molecule has 110 valence electrons. The lowest BCUT2D eigenvalue weighted by molar-refractivity contribution is -0.121. The zero-order valence-corrected chi connectivity index (χ0v) is 12.6. The van der Waals surface area contributed by atoms with Gasteiger partial charge in [0.25, 0.3) is 0 Å². The molecule has 0 aromatic heterocycles. The van der Waals surface area contributed by atoms with Crippen LogP contribution in [0.4, 0.5) is 4.79 Å². The Kier molecular flexibility index (Phi) is 5.70. The maximum Gasteiger partial charge on any atom is 0.321 e. The van der Waals surface area contributed by atoms with Gasteiger partial charge in [0.05, 0.1) is 6.54 Å². The third-order valence-electron chi connectivity index (χ3n) is 2.45. The lowest BCUT2D eigenvalue weighted by atomic mass is 10.1. The number of urea groups is 1. The van der Waals surface area contributed by atoms with Crippen molar-refractivity contribution in [2.75, 3.05) is 13.6 Å². The Labute approximate surface area is 120 Å². The van der Waals surface area contributed by atoms with E-state index in [1.807, 2.05) is 63.1 Å². The lowest BCUT2D eigenvalue weighted by Crippen LogP contribution is -2.50. The van der Waals surface area contributed by atoms with Gasteiger partial charge in [0.2, 0.25) is 5.91 Å². The lowest BCUT2D eigenvalue weighted by Gasteiger charge is -2.21. The topological polar surface area (TPSA) is 61.4 Å². The minimum absolute atomic E-state index is 0.173. The second-order valence-corrected chi connectivity index (χ2v) is 5.91. The summed E-state index contributed by atoms with van der Waals surface area (Å²) >= 11 is 0. The van der Waals surface area contributed by atoms with Gasteiger partial charge in [-0.1, -0.05) is 30.3 Å². The van der Waals surface area contributed by atoms with Gasteiger partial charge in [-0.15, -0.1) is 0 Å². The van der Waals surface area contributed by atoms with E-state index in [-0.39, 0.29) is 18.0 Å². The molecule has 20 heavy (non-hydrogen) atoms. The molecule has 0 atom stereocenters. The number of amides is 3. The molecule has 3 amide bonds. The molecule has 0 saturated carbocycles. The number of hydrogen-bond donors (Lipinski definition) is 2. The van der Waals surface area contributed by atoms with Crippen molar-refractivity contribution in [1.82, 2.24) is 15.5 Å². The van der Waals surface area contributed by atoms with Crippen LogP contribution in [0.25, 0.3) is 0 Å². The van der Waals surface area contributed by atoms with E-state index in [2.05, 4.69) is 10.6 Å². The van der Waals surface area contributed by atoms with Crippen LogP contribution in [0, 0.1) is 0 Å². The molecular formula is C15H23N3O2. The first-order valence-electron chi connectivity index (χ1n) is 6.61. The van der Waals surface area contributed by atoms with E-state index in [4.69, 9.17) is 0 Å². The molecule has 5 heteroatoms. The normalized spacial score (nSPS) is 11.2. The molecule has 0 aliphatic heterocycles. The molecule has 1 aromatic carbocycles. The van der Waals surface area contributed by atoms with E-state index in [0.717, 1.165) is 5.56 Å². The van der Waals surface area contributed by atoms with Gasteiger partial charge < -0.3 is 5.32 Å². The summed E-state index contributed by atoms with van der Waals surface area (Å²) in [5.41, 5.74) is 0.766. The van der Waals surface area contributed by atoms with Crippen molar-refractivity contribution in [3.63, 3.8) is 0 Å². The molecule has 0 radical (unpaired) electrons. The van der Waals surface area contributed by atoms with Gasteiger partial charge in [0, 0.05) is 12.1 Å². The summed E-state index contributed by atoms with van der Waals surface area (Å²) in [7, 11) is 1.84. The number of carbonyl (C=O) groups excluding carboxylic acids is 2. The van der Waals surface area contributed by atoms with Gasteiger partial charge in [-0.3, -0.25) is 15.0 Å². The van der Waals surface area contributed by atoms with E-state index < -0.39 is 6.03 Å². The van der Waals surface area contributed by atoms with E-state index in [1.165, 1.54) is 0 Å². The second kappa shape index (κ2) is 7.05. The average Bonchev–Trinajstić information content (AvgIpc) is 2.26. The van der Waals surface area contributed by atoms with Gasteiger partial charge in [0.15, 0.2) is 0 Å². The Bertz CT molecular complexity index is 452. The molecule has 0 spiro atoms. The summed E-state index contributed by atoms with van der Waals surface area (Å²) in [6.45, 7) is 6.41. The zero-order valence-electron chi connectivity index (χ0n) is 12.6. The summed E-state index contributed by atoms with van der Waals surface area (Å²) in [6, 6.07) is 9.41. The first kappa shape index (κ1) is 16.2. The Morgan fingerprint density at radius 2 is 1.75 bits per heavy atom. The van der Waals surface area contributed by atoms with Crippen LogP contribution >= 0.6 is 0 Å². The molecule has 0 heterocycles. The zero-order chi connectivity index (χ0) is 15.2. The molecule has 0 aliphatic rings. The smallest absolute Gasteiger partial charge is 0.321 e. The van der Waals surface area contributed by atoms with E-state index >= 15 is 0 Å². The average molecular weight is 277 g/mol. The number of carbonyl (C=O) groups is 2. The molecule has 1 rings (SSSR count). The highest BCUT2D eigenvalue weighted by Crippen LogP contribution is 2.02. The molecule has 0 saturated heterocycles. The number of nitrogens with one attached hydrogen (secondary N) is 2. The molecule has 0 aliphatic carbocycles. The number of likely N-dealkylation sites (N-methyl/N-ethyl adjacent to an activating group) is 1. The number of benzene rings is 1. The molecule has 0 fully saturated rings. The summed E-state index contributed by atoms with van der Waals surface area (Å²) in [4.78, 5) is 25.1. The fraction of sp³-hybridized carbons (Fsp3) is 0.467. The van der Waals surface area contributed by atoms with Crippen LogP contribution in [0.2, 0.25) is 0 Å². The van der Waals surface area contributed by atoms with Crippen LogP contribution in [0.15, 0.2) is 30.3 Å². The Balaban J connectivity index is 2.37. The van der Waals surface area contributed by atoms with E-state index in [9.17, 15) is 9.59 Å². The Morgan fingerprint density at radius 3 is 2.30 bits per heavy atom. The third kappa shape index (κ3) is 6.89. The first-order valence-corrected chi connectivity index (χ1v) is 6.61. The maximum absolute atomic E-state index is 11.7. The van der Waals surface area contributed by atoms with Crippen molar-refractivity contribution >= 4 is 11.9 Å². The molecule has 2 N–H and O–H groups in total. The predicted octanol–water partition coefficient (Wildman–Crippen LogP) is 1.74. The number of nitrogens with zero attached hydrogens (tertiary/aromatic N) is 1. The summed E-state index contributed by atoms with van der Waals surface area (Å²) in [5.74, 6) is -0.315. The van der Waals surface area contributed by atoms with Gasteiger partial charge >= 0.3 is 6.03 Å². The van der Waals surface area contributed by atoms with Gasteiger partial charge in [-0.2, -0.15) is 0 Å². The quantitative estimate of drug-likeness (QED) is 0.881. The summed E-state index contributed by atoms with van der Waals surface area (Å²) < 4.78 is 0. The van der Waals surface area contributed by atoms with Crippen molar-refractivity contribution in [1.29, 1.82) is 0 Å². The van der Waals surface area contributed by atoms with Crippen LogP contribution in [0.1, 0.15) is 26.3 Å².